The summed E-state index contributed by atoms with van der Waals surface area (Å²) in [5.41, 5.74) is -0.754. The van der Waals surface area contributed by atoms with E-state index >= 15 is 0 Å². The molecule has 2 aliphatic rings. The Morgan fingerprint density at radius 3 is 2.47 bits per heavy atom. The highest BCUT2D eigenvalue weighted by molar-refractivity contribution is 5.92. The van der Waals surface area contributed by atoms with E-state index < -0.39 is 5.54 Å². The predicted molar refractivity (Wildman–Crippen MR) is 74.5 cm³/mol. The average Bonchev–Trinajstić information content (AvgIpc) is 2.43. The van der Waals surface area contributed by atoms with E-state index in [4.69, 9.17) is 0 Å². The molecule has 0 spiro atoms. The molecule has 2 rings (SSSR count). The first kappa shape index (κ1) is 14.4. The van der Waals surface area contributed by atoms with E-state index in [9.17, 15) is 9.59 Å². The lowest BCUT2D eigenvalue weighted by molar-refractivity contribution is -0.138. The summed E-state index contributed by atoms with van der Waals surface area (Å²) >= 11 is 0. The van der Waals surface area contributed by atoms with Crippen LogP contribution in [0.5, 0.6) is 0 Å². The van der Waals surface area contributed by atoms with Crippen molar-refractivity contribution in [2.24, 2.45) is 11.8 Å². The second kappa shape index (κ2) is 5.51. The molecule has 1 saturated heterocycles. The smallest absolute Gasteiger partial charge is 0.247 e. The zero-order valence-corrected chi connectivity index (χ0v) is 12.4. The minimum Gasteiger partial charge on any atom is -0.342 e. The number of carbonyl (C=O) groups is 2. The summed E-state index contributed by atoms with van der Waals surface area (Å²) in [6.45, 7) is 7.30. The van der Waals surface area contributed by atoms with Crippen LogP contribution in [-0.2, 0) is 9.59 Å². The van der Waals surface area contributed by atoms with Crippen molar-refractivity contribution in [3.05, 3.63) is 0 Å². The minimum atomic E-state index is -0.754. The lowest BCUT2D eigenvalue weighted by Crippen LogP contribution is -2.53. The zero-order valence-electron chi connectivity index (χ0n) is 12.4. The number of hydrogen-bond donors (Lipinski definition) is 1. The van der Waals surface area contributed by atoms with Gasteiger partial charge in [0.1, 0.15) is 5.54 Å². The standard InChI is InChI=1S/C15H26N2O2/c1-11-4-6-12(7-5-11)10-17-9-8-13(18)16-15(2,3)14(17)19/h11-12H,4-10H2,1-3H3,(H,16,18). The van der Waals surface area contributed by atoms with Gasteiger partial charge in [0.05, 0.1) is 0 Å². The molecule has 1 aliphatic carbocycles. The largest absolute Gasteiger partial charge is 0.342 e. The maximum Gasteiger partial charge on any atom is 0.247 e. The summed E-state index contributed by atoms with van der Waals surface area (Å²) in [5.74, 6) is 1.50. The Balaban J connectivity index is 1.98. The fourth-order valence-electron chi connectivity index (χ4n) is 3.20. The Labute approximate surface area is 115 Å². The lowest BCUT2D eigenvalue weighted by Gasteiger charge is -2.34. The number of amides is 2. The second-order valence-corrected chi connectivity index (χ2v) is 6.80. The molecule has 108 valence electrons. The highest BCUT2D eigenvalue weighted by atomic mass is 16.2. The van der Waals surface area contributed by atoms with Crippen LogP contribution in [0.4, 0.5) is 0 Å². The van der Waals surface area contributed by atoms with Gasteiger partial charge in [0.2, 0.25) is 11.8 Å². The third-order valence-electron chi connectivity index (χ3n) is 4.50. The minimum absolute atomic E-state index is 0.0156. The van der Waals surface area contributed by atoms with Gasteiger partial charge in [-0.2, -0.15) is 0 Å². The van der Waals surface area contributed by atoms with E-state index in [1.54, 1.807) is 13.8 Å². The Morgan fingerprint density at radius 1 is 1.21 bits per heavy atom. The number of nitrogens with one attached hydrogen (secondary N) is 1. The Morgan fingerprint density at radius 2 is 1.84 bits per heavy atom. The van der Waals surface area contributed by atoms with Gasteiger partial charge >= 0.3 is 0 Å². The number of rotatable bonds is 2. The monoisotopic (exact) mass is 266 g/mol. The van der Waals surface area contributed by atoms with Crippen molar-refractivity contribution < 1.29 is 9.59 Å². The summed E-state index contributed by atoms with van der Waals surface area (Å²) < 4.78 is 0. The van der Waals surface area contributed by atoms with Crippen LogP contribution in [0.15, 0.2) is 0 Å². The molecule has 0 atom stereocenters. The fraction of sp³-hybridized carbons (Fsp3) is 0.867. The maximum atomic E-state index is 12.5. The van der Waals surface area contributed by atoms with Gasteiger partial charge in [0, 0.05) is 19.5 Å². The fourth-order valence-corrected chi connectivity index (χ4v) is 3.20. The van der Waals surface area contributed by atoms with Crippen molar-refractivity contribution in [2.45, 2.75) is 58.4 Å². The van der Waals surface area contributed by atoms with E-state index in [0.29, 0.717) is 18.9 Å². The summed E-state index contributed by atoms with van der Waals surface area (Å²) in [5, 5.41) is 2.81. The van der Waals surface area contributed by atoms with Crippen molar-refractivity contribution in [3.63, 3.8) is 0 Å². The highest BCUT2D eigenvalue weighted by Gasteiger charge is 2.37. The average molecular weight is 266 g/mol. The third kappa shape index (κ3) is 3.48. The molecule has 0 unspecified atom stereocenters. The van der Waals surface area contributed by atoms with Gasteiger partial charge in [-0.25, -0.2) is 0 Å². The maximum absolute atomic E-state index is 12.5. The first-order chi connectivity index (χ1) is 8.88. The van der Waals surface area contributed by atoms with Gasteiger partial charge in [-0.15, -0.1) is 0 Å². The first-order valence-corrected chi connectivity index (χ1v) is 7.49. The topological polar surface area (TPSA) is 49.4 Å². The van der Waals surface area contributed by atoms with Gasteiger partial charge < -0.3 is 10.2 Å². The zero-order chi connectivity index (χ0) is 14.0. The molecule has 1 saturated carbocycles. The molecular weight excluding hydrogens is 240 g/mol. The van der Waals surface area contributed by atoms with Crippen LogP contribution in [0.3, 0.4) is 0 Å². The molecule has 1 aliphatic heterocycles. The van der Waals surface area contributed by atoms with Crippen molar-refractivity contribution in [2.75, 3.05) is 13.1 Å². The van der Waals surface area contributed by atoms with Crippen molar-refractivity contribution in [1.29, 1.82) is 0 Å². The Bertz CT molecular complexity index is 357. The summed E-state index contributed by atoms with van der Waals surface area (Å²) in [7, 11) is 0. The van der Waals surface area contributed by atoms with Crippen LogP contribution in [-0.4, -0.2) is 35.3 Å². The number of hydrogen-bond acceptors (Lipinski definition) is 2. The predicted octanol–water partition coefficient (Wildman–Crippen LogP) is 1.94. The van der Waals surface area contributed by atoms with E-state index in [1.165, 1.54) is 25.7 Å². The van der Waals surface area contributed by atoms with Crippen molar-refractivity contribution in [3.8, 4) is 0 Å². The van der Waals surface area contributed by atoms with Crippen LogP contribution < -0.4 is 5.32 Å². The molecule has 2 amide bonds. The Hall–Kier alpha value is -1.06. The lowest BCUT2D eigenvalue weighted by atomic mass is 9.82. The first-order valence-electron chi connectivity index (χ1n) is 7.49. The molecule has 4 nitrogen and oxygen atoms in total. The molecular formula is C15H26N2O2. The molecule has 0 bridgehead atoms. The molecule has 19 heavy (non-hydrogen) atoms. The molecule has 0 aromatic carbocycles. The van der Waals surface area contributed by atoms with Gasteiger partial charge in [0.25, 0.3) is 0 Å². The molecule has 0 aromatic rings. The van der Waals surface area contributed by atoms with Gasteiger partial charge in [-0.05, 0) is 38.5 Å². The summed E-state index contributed by atoms with van der Waals surface area (Å²) in [6, 6.07) is 0. The van der Waals surface area contributed by atoms with Crippen LogP contribution in [0.2, 0.25) is 0 Å². The molecule has 0 aromatic heterocycles. The SMILES string of the molecule is CC1CCC(CN2CCC(=O)NC(C)(C)C2=O)CC1. The highest BCUT2D eigenvalue weighted by Crippen LogP contribution is 2.29. The Kier molecular flexibility index (Phi) is 4.16. The van der Waals surface area contributed by atoms with Crippen LogP contribution in [0.1, 0.15) is 52.9 Å². The van der Waals surface area contributed by atoms with E-state index in [0.717, 1.165) is 12.5 Å². The van der Waals surface area contributed by atoms with Gasteiger partial charge in [0.15, 0.2) is 0 Å². The second-order valence-electron chi connectivity index (χ2n) is 6.80. The number of nitrogens with zero attached hydrogens (tertiary/aromatic N) is 1. The number of carbonyl (C=O) groups excluding carboxylic acids is 2. The van der Waals surface area contributed by atoms with E-state index in [1.807, 2.05) is 4.90 Å². The van der Waals surface area contributed by atoms with Crippen LogP contribution in [0, 0.1) is 11.8 Å². The van der Waals surface area contributed by atoms with Crippen molar-refractivity contribution >= 4 is 11.8 Å². The van der Waals surface area contributed by atoms with Crippen LogP contribution in [0.25, 0.3) is 0 Å². The molecule has 2 fully saturated rings. The van der Waals surface area contributed by atoms with Crippen LogP contribution >= 0.6 is 0 Å². The van der Waals surface area contributed by atoms with E-state index in [-0.39, 0.29) is 11.8 Å². The molecule has 1 N–H and O–H groups in total. The summed E-state index contributed by atoms with van der Waals surface area (Å²) in [6.07, 6.45) is 5.40. The normalized spacial score (nSPS) is 31.8. The van der Waals surface area contributed by atoms with Gasteiger partial charge in [-0.1, -0.05) is 19.8 Å². The van der Waals surface area contributed by atoms with E-state index in [2.05, 4.69) is 12.2 Å². The van der Waals surface area contributed by atoms with Gasteiger partial charge in [-0.3, -0.25) is 9.59 Å². The molecule has 4 heteroatoms. The molecule has 0 radical (unpaired) electrons. The quantitative estimate of drug-likeness (QED) is 0.830. The molecule has 1 heterocycles. The van der Waals surface area contributed by atoms with Crippen molar-refractivity contribution in [1.82, 2.24) is 10.2 Å². The third-order valence-corrected chi connectivity index (χ3v) is 4.50. The summed E-state index contributed by atoms with van der Waals surface area (Å²) in [4.78, 5) is 26.0.